The second kappa shape index (κ2) is 6.07. The van der Waals surface area contributed by atoms with Crippen molar-refractivity contribution < 1.29 is 14.7 Å². The first-order valence-electron chi connectivity index (χ1n) is 6.87. The molecule has 0 aliphatic carbocycles. The summed E-state index contributed by atoms with van der Waals surface area (Å²) in [5, 5.41) is 10.8. The third-order valence-corrected chi connectivity index (χ3v) is 5.71. The number of hydrogen-bond acceptors (Lipinski definition) is 3. The second-order valence-electron chi connectivity index (χ2n) is 5.28. The van der Waals surface area contributed by atoms with Crippen LogP contribution < -0.4 is 0 Å². The number of benzene rings is 1. The Kier molecular flexibility index (Phi) is 4.30. The van der Waals surface area contributed by atoms with Gasteiger partial charge in [0.25, 0.3) is 5.91 Å². The molecule has 1 amide bonds. The molecule has 1 aromatic heterocycles. The molecule has 1 saturated heterocycles. The van der Waals surface area contributed by atoms with Crippen molar-refractivity contribution in [3.8, 4) is 0 Å². The predicted molar refractivity (Wildman–Crippen MR) is 88.2 cm³/mol. The van der Waals surface area contributed by atoms with Crippen molar-refractivity contribution in [3.05, 3.63) is 33.1 Å². The summed E-state index contributed by atoms with van der Waals surface area (Å²) < 4.78 is 0.856. The zero-order valence-electron chi connectivity index (χ0n) is 11.5. The van der Waals surface area contributed by atoms with Crippen LogP contribution in [0.25, 0.3) is 10.1 Å². The Labute approximate surface area is 141 Å². The molecule has 1 fully saturated rings. The summed E-state index contributed by atoms with van der Waals surface area (Å²) in [5.74, 6) is -1.08. The van der Waals surface area contributed by atoms with Crippen LogP contribution >= 0.6 is 34.5 Å². The molecule has 4 nitrogen and oxygen atoms in total. The van der Waals surface area contributed by atoms with Gasteiger partial charge in [0.1, 0.15) is 4.88 Å². The summed E-state index contributed by atoms with van der Waals surface area (Å²) in [6.07, 6.45) is 1.50. The third-order valence-electron chi connectivity index (χ3n) is 3.83. The smallest absolute Gasteiger partial charge is 0.305 e. The molecule has 0 spiro atoms. The molecule has 3 rings (SSSR count). The molecule has 0 radical (unpaired) electrons. The van der Waals surface area contributed by atoms with Gasteiger partial charge in [-0.05, 0) is 25.0 Å². The quantitative estimate of drug-likeness (QED) is 0.891. The fraction of sp³-hybridized carbons (Fsp3) is 0.333. The maximum atomic E-state index is 12.7. The first kappa shape index (κ1) is 15.6. The summed E-state index contributed by atoms with van der Waals surface area (Å²) in [4.78, 5) is 25.8. The Hall–Kier alpha value is -1.30. The summed E-state index contributed by atoms with van der Waals surface area (Å²) in [6.45, 7) is 0.572. The summed E-state index contributed by atoms with van der Waals surface area (Å²) in [5.41, 5.74) is 0. The highest BCUT2D eigenvalue weighted by atomic mass is 35.5. The largest absolute Gasteiger partial charge is 0.481 e. The van der Waals surface area contributed by atoms with Gasteiger partial charge in [-0.1, -0.05) is 29.3 Å². The van der Waals surface area contributed by atoms with Gasteiger partial charge in [-0.15, -0.1) is 11.3 Å². The summed E-state index contributed by atoms with van der Waals surface area (Å²) >= 11 is 13.6. The first-order chi connectivity index (χ1) is 10.5. The number of rotatable bonds is 3. The van der Waals surface area contributed by atoms with E-state index in [1.165, 1.54) is 11.3 Å². The van der Waals surface area contributed by atoms with E-state index in [0.717, 1.165) is 16.5 Å². The van der Waals surface area contributed by atoms with Crippen LogP contribution in [0.15, 0.2) is 18.2 Å². The lowest BCUT2D eigenvalue weighted by Gasteiger charge is -2.23. The molecule has 1 atom stereocenters. The molecule has 116 valence electrons. The van der Waals surface area contributed by atoms with Crippen molar-refractivity contribution in [1.82, 2.24) is 4.90 Å². The van der Waals surface area contributed by atoms with Gasteiger partial charge in [0.15, 0.2) is 0 Å². The van der Waals surface area contributed by atoms with Gasteiger partial charge >= 0.3 is 5.97 Å². The average Bonchev–Trinajstić information content (AvgIpc) is 3.02. The van der Waals surface area contributed by atoms with Crippen molar-refractivity contribution in [1.29, 1.82) is 0 Å². The van der Waals surface area contributed by atoms with Gasteiger partial charge in [0.2, 0.25) is 0 Å². The number of carbonyl (C=O) groups excluding carboxylic acids is 1. The highest BCUT2D eigenvalue weighted by Gasteiger charge is 2.33. The lowest BCUT2D eigenvalue weighted by Crippen LogP contribution is -2.36. The average molecular weight is 358 g/mol. The molecule has 1 aliphatic rings. The van der Waals surface area contributed by atoms with E-state index in [4.69, 9.17) is 28.3 Å². The molecule has 7 heteroatoms. The van der Waals surface area contributed by atoms with E-state index in [1.54, 1.807) is 23.1 Å². The van der Waals surface area contributed by atoms with Crippen LogP contribution in [0.4, 0.5) is 0 Å². The van der Waals surface area contributed by atoms with E-state index in [2.05, 4.69) is 0 Å². The van der Waals surface area contributed by atoms with Gasteiger partial charge in [-0.25, -0.2) is 0 Å². The molecular formula is C15H13Cl2NO3S. The number of halogens is 2. The molecule has 1 N–H and O–H groups in total. The van der Waals surface area contributed by atoms with Crippen molar-refractivity contribution in [3.63, 3.8) is 0 Å². The monoisotopic (exact) mass is 357 g/mol. The van der Waals surface area contributed by atoms with Gasteiger partial charge in [0, 0.05) is 27.7 Å². The van der Waals surface area contributed by atoms with Crippen LogP contribution in [0.3, 0.4) is 0 Å². The molecule has 22 heavy (non-hydrogen) atoms. The highest BCUT2D eigenvalue weighted by Crippen LogP contribution is 2.38. The number of carboxylic acid groups (broad SMARTS) is 1. The number of amides is 1. The molecule has 0 bridgehead atoms. The number of fused-ring (bicyclic) bond motifs is 1. The Bertz CT molecular complexity index is 759. The SMILES string of the molecule is O=C(O)CC1CCCN1C(=O)c1sc2cc(Cl)ccc2c1Cl. The lowest BCUT2D eigenvalue weighted by atomic mass is 10.1. The number of carboxylic acids is 1. The minimum absolute atomic E-state index is 0.0277. The van der Waals surface area contributed by atoms with Crippen LogP contribution in [-0.2, 0) is 4.79 Å². The standard InChI is InChI=1S/C15H13Cl2NO3S/c16-8-3-4-10-11(6-8)22-14(13(10)17)15(21)18-5-1-2-9(18)7-12(19)20/h3-4,6,9H,1-2,5,7H2,(H,19,20). The summed E-state index contributed by atoms with van der Waals surface area (Å²) in [7, 11) is 0. The molecule has 2 aromatic rings. The zero-order valence-corrected chi connectivity index (χ0v) is 13.8. The minimum atomic E-state index is -0.890. The molecule has 1 aliphatic heterocycles. The lowest BCUT2D eigenvalue weighted by molar-refractivity contribution is -0.137. The maximum absolute atomic E-state index is 12.7. The van der Waals surface area contributed by atoms with Gasteiger partial charge in [-0.3, -0.25) is 9.59 Å². The fourth-order valence-electron chi connectivity index (χ4n) is 2.82. The van der Waals surface area contributed by atoms with Crippen molar-refractivity contribution >= 4 is 56.5 Å². The number of thiophene rings is 1. The highest BCUT2D eigenvalue weighted by molar-refractivity contribution is 7.21. The zero-order chi connectivity index (χ0) is 15.9. The Balaban J connectivity index is 1.94. The van der Waals surface area contributed by atoms with Crippen molar-refractivity contribution in [2.45, 2.75) is 25.3 Å². The topological polar surface area (TPSA) is 57.6 Å². The van der Waals surface area contributed by atoms with Crippen LogP contribution in [0, 0.1) is 0 Å². The Morgan fingerprint density at radius 3 is 2.86 bits per heavy atom. The number of likely N-dealkylation sites (tertiary alicyclic amines) is 1. The summed E-state index contributed by atoms with van der Waals surface area (Å²) in [6, 6.07) is 5.06. The van der Waals surface area contributed by atoms with Crippen molar-refractivity contribution in [2.24, 2.45) is 0 Å². The van der Waals surface area contributed by atoms with Crippen LogP contribution in [0.1, 0.15) is 28.9 Å². The number of carbonyl (C=O) groups is 2. The Morgan fingerprint density at radius 2 is 2.14 bits per heavy atom. The van der Waals surface area contributed by atoms with Crippen molar-refractivity contribution in [2.75, 3.05) is 6.54 Å². The van der Waals surface area contributed by atoms with Gasteiger partial charge in [0.05, 0.1) is 11.4 Å². The van der Waals surface area contributed by atoms with Gasteiger partial charge < -0.3 is 10.0 Å². The number of hydrogen-bond donors (Lipinski definition) is 1. The van der Waals surface area contributed by atoms with E-state index in [1.807, 2.05) is 0 Å². The second-order valence-corrected chi connectivity index (χ2v) is 7.14. The maximum Gasteiger partial charge on any atom is 0.305 e. The molecular weight excluding hydrogens is 345 g/mol. The number of nitrogens with zero attached hydrogens (tertiary/aromatic N) is 1. The van der Waals surface area contributed by atoms with Crippen LogP contribution in [-0.4, -0.2) is 34.5 Å². The van der Waals surface area contributed by atoms with E-state index in [-0.39, 0.29) is 18.4 Å². The Morgan fingerprint density at radius 1 is 1.36 bits per heavy atom. The van der Waals surface area contributed by atoms with E-state index < -0.39 is 5.97 Å². The van der Waals surface area contributed by atoms with E-state index in [0.29, 0.717) is 27.9 Å². The van der Waals surface area contributed by atoms with E-state index >= 15 is 0 Å². The van der Waals surface area contributed by atoms with E-state index in [9.17, 15) is 9.59 Å². The van der Waals surface area contributed by atoms with Crippen LogP contribution in [0.5, 0.6) is 0 Å². The van der Waals surface area contributed by atoms with Crippen LogP contribution in [0.2, 0.25) is 10.0 Å². The third kappa shape index (κ3) is 2.81. The first-order valence-corrected chi connectivity index (χ1v) is 8.45. The predicted octanol–water partition coefficient (Wildman–Crippen LogP) is 4.29. The fourth-order valence-corrected chi connectivity index (χ4v) is 4.57. The molecule has 2 heterocycles. The molecule has 0 saturated carbocycles. The normalized spacial score (nSPS) is 18.1. The van der Waals surface area contributed by atoms with Gasteiger partial charge in [-0.2, -0.15) is 0 Å². The number of aliphatic carboxylic acids is 1. The molecule has 1 aromatic carbocycles. The molecule has 1 unspecified atom stereocenters. The minimum Gasteiger partial charge on any atom is -0.481 e.